The molecular weight excluding hydrogens is 300 g/mol. The highest BCUT2D eigenvalue weighted by molar-refractivity contribution is 8.14. The summed E-state index contributed by atoms with van der Waals surface area (Å²) < 4.78 is 0. The standard InChI is InChI=1S/C20H24N2S/c1-15-9-8-12-17-18(15)23-19(21-17)22-20(13-6-3-7-14-20)16-10-4-2-5-11-16/h2,4-5,8-12,17-18H,3,6-7,13-14H2,1H3,(H,21,22). The predicted molar refractivity (Wildman–Crippen MR) is 99.8 cm³/mol. The molecule has 23 heavy (non-hydrogen) atoms. The number of allylic oxidation sites excluding steroid dienone is 2. The molecule has 0 aromatic heterocycles. The summed E-state index contributed by atoms with van der Waals surface area (Å²) >= 11 is 1.91. The fourth-order valence-corrected chi connectivity index (χ4v) is 5.24. The van der Waals surface area contributed by atoms with E-state index in [1.165, 1.54) is 43.2 Å². The molecule has 120 valence electrons. The molecule has 1 N–H and O–H groups in total. The van der Waals surface area contributed by atoms with Crippen molar-refractivity contribution in [3.8, 4) is 0 Å². The smallest absolute Gasteiger partial charge is 0.158 e. The number of amidine groups is 1. The third-order valence-corrected chi connectivity index (χ3v) is 6.65. The van der Waals surface area contributed by atoms with Crippen molar-refractivity contribution in [3.63, 3.8) is 0 Å². The van der Waals surface area contributed by atoms with Gasteiger partial charge < -0.3 is 5.32 Å². The largest absolute Gasteiger partial charge is 0.355 e. The number of hydrogen-bond acceptors (Lipinski definition) is 3. The topological polar surface area (TPSA) is 24.4 Å². The van der Waals surface area contributed by atoms with E-state index in [-0.39, 0.29) is 5.54 Å². The van der Waals surface area contributed by atoms with E-state index in [0.29, 0.717) is 11.3 Å². The molecule has 2 unspecified atom stereocenters. The first-order valence-electron chi connectivity index (χ1n) is 8.70. The highest BCUT2D eigenvalue weighted by Gasteiger charge is 2.38. The summed E-state index contributed by atoms with van der Waals surface area (Å²) in [6.45, 7) is 2.22. The molecule has 1 aromatic rings. The summed E-state index contributed by atoms with van der Waals surface area (Å²) in [4.78, 5) is 4.97. The van der Waals surface area contributed by atoms with Gasteiger partial charge in [-0.15, -0.1) is 0 Å². The lowest BCUT2D eigenvalue weighted by Gasteiger charge is -2.39. The molecule has 0 amide bonds. The normalized spacial score (nSPS) is 28.7. The fourth-order valence-electron chi connectivity index (χ4n) is 4.01. The Morgan fingerprint density at radius 3 is 2.65 bits per heavy atom. The maximum absolute atomic E-state index is 4.97. The van der Waals surface area contributed by atoms with Crippen molar-refractivity contribution < 1.29 is 0 Å². The monoisotopic (exact) mass is 324 g/mol. The van der Waals surface area contributed by atoms with Gasteiger partial charge >= 0.3 is 0 Å². The summed E-state index contributed by atoms with van der Waals surface area (Å²) in [5.41, 5.74) is 2.92. The summed E-state index contributed by atoms with van der Waals surface area (Å²) in [5.74, 6) is 0. The molecule has 3 aliphatic rings. The van der Waals surface area contributed by atoms with Crippen LogP contribution in [0.1, 0.15) is 44.6 Å². The molecule has 1 heterocycles. The van der Waals surface area contributed by atoms with Gasteiger partial charge in [0.05, 0.1) is 16.8 Å². The highest BCUT2D eigenvalue weighted by atomic mass is 32.2. The number of aliphatic imine (C=N–C) groups is 1. The Hall–Kier alpha value is -1.48. The molecule has 2 atom stereocenters. The van der Waals surface area contributed by atoms with Crippen molar-refractivity contribution in [2.24, 2.45) is 4.99 Å². The lowest BCUT2D eigenvalue weighted by atomic mass is 9.77. The quantitative estimate of drug-likeness (QED) is 0.845. The van der Waals surface area contributed by atoms with Crippen molar-refractivity contribution in [1.29, 1.82) is 0 Å². The second-order valence-electron chi connectivity index (χ2n) is 6.89. The van der Waals surface area contributed by atoms with E-state index in [9.17, 15) is 0 Å². The summed E-state index contributed by atoms with van der Waals surface area (Å²) in [6, 6.07) is 11.3. The minimum absolute atomic E-state index is 0.0696. The Bertz CT molecular complexity index is 653. The van der Waals surface area contributed by atoms with Gasteiger partial charge in [-0.25, -0.2) is 0 Å². The van der Waals surface area contributed by atoms with Crippen LogP contribution < -0.4 is 5.32 Å². The molecule has 1 aliphatic heterocycles. The van der Waals surface area contributed by atoms with Crippen LogP contribution in [0.15, 0.2) is 59.1 Å². The van der Waals surface area contributed by atoms with E-state index in [2.05, 4.69) is 60.8 Å². The molecule has 0 saturated heterocycles. The first-order valence-corrected chi connectivity index (χ1v) is 9.58. The summed E-state index contributed by atoms with van der Waals surface area (Å²) in [6.07, 6.45) is 13.0. The molecule has 0 radical (unpaired) electrons. The molecule has 1 aromatic carbocycles. The van der Waals surface area contributed by atoms with Gasteiger partial charge in [0, 0.05) is 0 Å². The molecular formula is C20H24N2S. The van der Waals surface area contributed by atoms with Gasteiger partial charge in [0.1, 0.15) is 0 Å². The van der Waals surface area contributed by atoms with Crippen LogP contribution in [0, 0.1) is 0 Å². The summed E-state index contributed by atoms with van der Waals surface area (Å²) in [5, 5.41) is 5.49. The van der Waals surface area contributed by atoms with Crippen LogP contribution in [0.4, 0.5) is 0 Å². The van der Waals surface area contributed by atoms with Crippen LogP contribution in [0.2, 0.25) is 0 Å². The Balaban J connectivity index is 1.60. The first-order chi connectivity index (χ1) is 11.3. The lowest BCUT2D eigenvalue weighted by molar-refractivity contribution is 0.271. The minimum atomic E-state index is 0.0696. The van der Waals surface area contributed by atoms with E-state index in [1.807, 2.05) is 11.8 Å². The fraction of sp³-hybridized carbons (Fsp3) is 0.450. The van der Waals surface area contributed by atoms with Crippen molar-refractivity contribution in [2.45, 2.75) is 55.9 Å². The van der Waals surface area contributed by atoms with Crippen LogP contribution in [0.25, 0.3) is 0 Å². The van der Waals surface area contributed by atoms with Crippen molar-refractivity contribution >= 4 is 16.9 Å². The Morgan fingerprint density at radius 1 is 1.13 bits per heavy atom. The maximum atomic E-state index is 4.97. The molecule has 2 aliphatic carbocycles. The van der Waals surface area contributed by atoms with E-state index in [1.54, 1.807) is 0 Å². The van der Waals surface area contributed by atoms with Crippen molar-refractivity contribution in [3.05, 3.63) is 59.7 Å². The lowest BCUT2D eigenvalue weighted by Crippen LogP contribution is -2.46. The van der Waals surface area contributed by atoms with Gasteiger partial charge in [0.25, 0.3) is 0 Å². The van der Waals surface area contributed by atoms with E-state index in [0.717, 1.165) is 5.17 Å². The number of benzene rings is 1. The van der Waals surface area contributed by atoms with Crippen molar-refractivity contribution in [2.75, 3.05) is 0 Å². The second-order valence-corrected chi connectivity index (χ2v) is 8.02. The minimum Gasteiger partial charge on any atom is -0.355 e. The van der Waals surface area contributed by atoms with Gasteiger partial charge in [-0.2, -0.15) is 0 Å². The van der Waals surface area contributed by atoms with Gasteiger partial charge in [-0.05, 0) is 25.3 Å². The maximum Gasteiger partial charge on any atom is 0.158 e. The second kappa shape index (κ2) is 6.20. The van der Waals surface area contributed by atoms with Crippen molar-refractivity contribution in [1.82, 2.24) is 5.32 Å². The number of rotatable bonds is 2. The van der Waals surface area contributed by atoms with Gasteiger partial charge in [-0.3, -0.25) is 4.99 Å². The zero-order valence-corrected chi connectivity index (χ0v) is 14.5. The molecule has 1 saturated carbocycles. The SMILES string of the molecule is CC1=CC=CC2N=C(NC3(c4ccccc4)CCCCC3)SC12. The van der Waals surface area contributed by atoms with Gasteiger partial charge in [-0.1, -0.05) is 85.2 Å². The van der Waals surface area contributed by atoms with Crippen LogP contribution in [0.3, 0.4) is 0 Å². The summed E-state index contributed by atoms with van der Waals surface area (Å²) in [7, 11) is 0. The van der Waals surface area contributed by atoms with E-state index in [4.69, 9.17) is 4.99 Å². The molecule has 1 fully saturated rings. The van der Waals surface area contributed by atoms with Crippen LogP contribution >= 0.6 is 11.8 Å². The third-order valence-electron chi connectivity index (χ3n) is 5.31. The predicted octanol–water partition coefficient (Wildman–Crippen LogP) is 4.79. The van der Waals surface area contributed by atoms with E-state index < -0.39 is 0 Å². The molecule has 4 rings (SSSR count). The Morgan fingerprint density at radius 2 is 1.91 bits per heavy atom. The van der Waals surface area contributed by atoms with Gasteiger partial charge in [0.15, 0.2) is 5.17 Å². The number of hydrogen-bond donors (Lipinski definition) is 1. The Labute approximate surface area is 143 Å². The van der Waals surface area contributed by atoms with Gasteiger partial charge in [0.2, 0.25) is 0 Å². The van der Waals surface area contributed by atoms with E-state index >= 15 is 0 Å². The van der Waals surface area contributed by atoms with Crippen LogP contribution in [0.5, 0.6) is 0 Å². The average molecular weight is 324 g/mol. The first kappa shape index (κ1) is 15.1. The number of nitrogens with one attached hydrogen (secondary N) is 1. The highest BCUT2D eigenvalue weighted by Crippen LogP contribution is 2.40. The van der Waals surface area contributed by atoms with Crippen LogP contribution in [-0.2, 0) is 5.54 Å². The molecule has 0 spiro atoms. The average Bonchev–Trinajstić information content (AvgIpc) is 3.00. The zero-order valence-electron chi connectivity index (χ0n) is 13.7. The number of fused-ring (bicyclic) bond motifs is 1. The third kappa shape index (κ3) is 2.87. The molecule has 3 heteroatoms. The van der Waals surface area contributed by atoms with Crippen LogP contribution in [-0.4, -0.2) is 16.5 Å². The zero-order chi connectivity index (χ0) is 15.7. The molecule has 2 nitrogen and oxygen atoms in total. The number of thioether (sulfide) groups is 1. The number of nitrogens with zero attached hydrogens (tertiary/aromatic N) is 1. The molecule has 0 bridgehead atoms. The Kier molecular flexibility index (Phi) is 4.06.